The van der Waals surface area contributed by atoms with Gasteiger partial charge in [0.1, 0.15) is 18.3 Å². The van der Waals surface area contributed by atoms with E-state index in [1.54, 1.807) is 0 Å². The van der Waals surface area contributed by atoms with Crippen molar-refractivity contribution in [3.63, 3.8) is 0 Å². The third-order valence-electron chi connectivity index (χ3n) is 2.40. The number of hydrogen-bond acceptors (Lipinski definition) is 8. The molecule has 19 heavy (non-hydrogen) atoms. The average Bonchev–Trinajstić information content (AvgIpc) is 2.22. The topological polar surface area (TPSA) is 145 Å². The maximum absolute atomic E-state index is 10.9. The van der Waals surface area contributed by atoms with E-state index < -0.39 is 47.3 Å². The van der Waals surface area contributed by atoms with Crippen molar-refractivity contribution in [3.05, 3.63) is 0 Å². The Balaban J connectivity index is 0.00000324. The molecular formula is C8H14NNaO8S. The number of amides is 1. The third kappa shape index (κ3) is 6.02. The van der Waals surface area contributed by atoms with Crippen LogP contribution in [0.5, 0.6) is 0 Å². The molecule has 1 aliphatic rings. The second-order valence-electron chi connectivity index (χ2n) is 3.82. The van der Waals surface area contributed by atoms with Crippen molar-refractivity contribution in [1.82, 2.24) is 5.32 Å². The molecule has 1 aliphatic heterocycles. The minimum atomic E-state index is -5.07. The fourth-order valence-electron chi connectivity index (χ4n) is 1.67. The zero-order valence-corrected chi connectivity index (χ0v) is 13.3. The molecule has 1 amide bonds. The first-order valence-corrected chi connectivity index (χ1v) is 6.39. The Kier molecular flexibility index (Phi) is 7.95. The van der Waals surface area contributed by atoms with E-state index in [0.29, 0.717) is 0 Å². The molecule has 0 aliphatic carbocycles. The van der Waals surface area contributed by atoms with Gasteiger partial charge in [-0.2, -0.15) is 0 Å². The van der Waals surface area contributed by atoms with Gasteiger partial charge in [-0.25, -0.2) is 8.42 Å². The molecule has 0 aromatic carbocycles. The molecule has 106 valence electrons. The van der Waals surface area contributed by atoms with Crippen LogP contribution in [0.15, 0.2) is 0 Å². The van der Waals surface area contributed by atoms with Crippen LogP contribution in [-0.4, -0.2) is 66.7 Å². The van der Waals surface area contributed by atoms with Crippen LogP contribution in [0.25, 0.3) is 0 Å². The minimum Gasteiger partial charge on any atom is -0.726 e. The summed E-state index contributed by atoms with van der Waals surface area (Å²) in [5.41, 5.74) is 0. The number of carbonyl (C=O) groups is 1. The molecular weight excluding hydrogens is 293 g/mol. The summed E-state index contributed by atoms with van der Waals surface area (Å²) in [5.74, 6) is -0.464. The van der Waals surface area contributed by atoms with Gasteiger partial charge in [-0.1, -0.05) is 0 Å². The first-order chi connectivity index (χ1) is 8.24. The normalized spacial score (nSPS) is 31.4. The van der Waals surface area contributed by atoms with Crippen LogP contribution < -0.4 is 34.9 Å². The smallest absolute Gasteiger partial charge is 0.726 e. The van der Waals surface area contributed by atoms with Crippen molar-refractivity contribution in [2.24, 2.45) is 0 Å². The molecule has 11 heteroatoms. The van der Waals surface area contributed by atoms with E-state index in [1.807, 2.05) is 0 Å². The standard InChI is InChI=1S/C8H15NO8S.Na/c1-4(11)9-5-3-16-6(2-10)8(7(5)12)17-18(13,14)15;/h5-8,10,12H,2-3H2,1H3,(H,9,11)(H,13,14,15);/q;+1/p-1. The van der Waals surface area contributed by atoms with Crippen LogP contribution in [0.2, 0.25) is 0 Å². The van der Waals surface area contributed by atoms with Crippen molar-refractivity contribution in [1.29, 1.82) is 0 Å². The summed E-state index contributed by atoms with van der Waals surface area (Å²) in [6, 6.07) is -0.919. The summed E-state index contributed by atoms with van der Waals surface area (Å²) >= 11 is 0. The van der Waals surface area contributed by atoms with E-state index in [0.717, 1.165) is 0 Å². The van der Waals surface area contributed by atoms with Crippen molar-refractivity contribution < 1.29 is 66.5 Å². The van der Waals surface area contributed by atoms with Gasteiger partial charge in [0.25, 0.3) is 0 Å². The molecule has 0 aromatic heterocycles. The molecule has 0 spiro atoms. The fraction of sp³-hybridized carbons (Fsp3) is 0.875. The molecule has 1 saturated heterocycles. The number of nitrogens with one attached hydrogen (secondary N) is 1. The number of rotatable bonds is 4. The van der Waals surface area contributed by atoms with Crippen LogP contribution in [0.1, 0.15) is 6.92 Å². The molecule has 0 aromatic rings. The van der Waals surface area contributed by atoms with Gasteiger partial charge in [-0.15, -0.1) is 0 Å². The van der Waals surface area contributed by atoms with E-state index in [-0.39, 0.29) is 36.2 Å². The second kappa shape index (κ2) is 7.86. The van der Waals surface area contributed by atoms with Crippen molar-refractivity contribution in [2.45, 2.75) is 31.3 Å². The van der Waals surface area contributed by atoms with Crippen LogP contribution in [0.4, 0.5) is 0 Å². The molecule has 0 radical (unpaired) electrons. The van der Waals surface area contributed by atoms with Crippen LogP contribution in [0.3, 0.4) is 0 Å². The largest absolute Gasteiger partial charge is 1.00 e. The first kappa shape index (κ1) is 19.2. The average molecular weight is 307 g/mol. The third-order valence-corrected chi connectivity index (χ3v) is 2.86. The summed E-state index contributed by atoms with van der Waals surface area (Å²) in [5, 5.41) is 21.1. The zero-order chi connectivity index (χ0) is 13.9. The fourth-order valence-corrected chi connectivity index (χ4v) is 2.18. The minimum absolute atomic E-state index is 0. The number of carbonyl (C=O) groups excluding carboxylic acids is 1. The Morgan fingerprint density at radius 1 is 1.58 bits per heavy atom. The van der Waals surface area contributed by atoms with Gasteiger partial charge in [0.2, 0.25) is 16.3 Å². The van der Waals surface area contributed by atoms with E-state index >= 15 is 0 Å². The van der Waals surface area contributed by atoms with Crippen LogP contribution in [0, 0.1) is 0 Å². The van der Waals surface area contributed by atoms with E-state index in [4.69, 9.17) is 9.84 Å². The molecule has 4 unspecified atom stereocenters. The van der Waals surface area contributed by atoms with Crippen LogP contribution >= 0.6 is 0 Å². The SMILES string of the molecule is CC(=O)NC1COC(CO)C(OS(=O)(=O)[O-])C1O.[Na+]. The van der Waals surface area contributed by atoms with Gasteiger partial charge in [0.15, 0.2) is 0 Å². The van der Waals surface area contributed by atoms with E-state index in [9.17, 15) is 22.9 Å². The first-order valence-electron chi connectivity index (χ1n) is 5.06. The molecule has 0 bridgehead atoms. The van der Waals surface area contributed by atoms with Crippen molar-refractivity contribution >= 4 is 16.3 Å². The Morgan fingerprint density at radius 3 is 2.58 bits per heavy atom. The van der Waals surface area contributed by atoms with Crippen molar-refractivity contribution in [3.8, 4) is 0 Å². The van der Waals surface area contributed by atoms with Gasteiger partial charge in [0.05, 0.1) is 19.3 Å². The molecule has 1 rings (SSSR count). The predicted octanol–water partition coefficient (Wildman–Crippen LogP) is -5.91. The van der Waals surface area contributed by atoms with Gasteiger partial charge in [-0.05, 0) is 0 Å². The maximum atomic E-state index is 10.9. The van der Waals surface area contributed by atoms with E-state index in [2.05, 4.69) is 9.50 Å². The molecule has 1 fully saturated rings. The molecule has 9 nitrogen and oxygen atoms in total. The summed E-state index contributed by atoms with van der Waals surface area (Å²) in [7, 11) is -5.07. The van der Waals surface area contributed by atoms with Gasteiger partial charge in [0, 0.05) is 6.92 Å². The number of aliphatic hydroxyl groups is 2. The summed E-state index contributed by atoms with van der Waals surface area (Å²) < 4.78 is 40.7. The van der Waals surface area contributed by atoms with Gasteiger partial charge in [-0.3, -0.25) is 8.98 Å². The number of aliphatic hydroxyl groups excluding tert-OH is 2. The van der Waals surface area contributed by atoms with Crippen LogP contribution in [-0.2, 0) is 24.1 Å². The predicted molar refractivity (Wildman–Crippen MR) is 55.0 cm³/mol. The number of hydrogen-bond donors (Lipinski definition) is 3. The van der Waals surface area contributed by atoms with Gasteiger partial charge < -0.3 is 24.8 Å². The molecule has 3 N–H and O–H groups in total. The van der Waals surface area contributed by atoms with Crippen molar-refractivity contribution in [2.75, 3.05) is 13.2 Å². The second-order valence-corrected chi connectivity index (χ2v) is 4.83. The van der Waals surface area contributed by atoms with Gasteiger partial charge >= 0.3 is 29.6 Å². The monoisotopic (exact) mass is 307 g/mol. The maximum Gasteiger partial charge on any atom is 1.00 e. The summed E-state index contributed by atoms with van der Waals surface area (Å²) in [6.07, 6.45) is -4.21. The Bertz CT molecular complexity index is 402. The molecule has 0 saturated carbocycles. The summed E-state index contributed by atoms with van der Waals surface area (Å²) in [4.78, 5) is 10.9. The Labute approximate surface area is 132 Å². The summed E-state index contributed by atoms with van der Waals surface area (Å²) in [6.45, 7) is 0.430. The van der Waals surface area contributed by atoms with E-state index in [1.165, 1.54) is 6.92 Å². The molecule has 4 atom stereocenters. The number of ether oxygens (including phenoxy) is 1. The zero-order valence-electron chi connectivity index (χ0n) is 10.5. The quantitative estimate of drug-likeness (QED) is 0.264. The molecule has 1 heterocycles. The Morgan fingerprint density at radius 2 is 2.16 bits per heavy atom. The Hall–Kier alpha value is 0.220.